The summed E-state index contributed by atoms with van der Waals surface area (Å²) in [6.07, 6.45) is 0. The number of phenolic OH excluding ortho intramolecular Hbond substituents is 1. The Kier molecular flexibility index (Phi) is 3.92. The van der Waals surface area contributed by atoms with E-state index in [1.807, 2.05) is 30.3 Å². The van der Waals surface area contributed by atoms with Gasteiger partial charge in [0, 0.05) is 6.54 Å². The van der Waals surface area contributed by atoms with Crippen LogP contribution in [0.2, 0.25) is 5.02 Å². The van der Waals surface area contributed by atoms with E-state index >= 15 is 0 Å². The van der Waals surface area contributed by atoms with Gasteiger partial charge in [0.15, 0.2) is 0 Å². The molecule has 0 aliphatic rings. The highest BCUT2D eigenvalue weighted by Crippen LogP contribution is 2.30. The normalized spacial score (nSPS) is 10.2. The van der Waals surface area contributed by atoms with Crippen LogP contribution >= 0.6 is 27.5 Å². The van der Waals surface area contributed by atoms with Gasteiger partial charge in [0.2, 0.25) is 0 Å². The van der Waals surface area contributed by atoms with E-state index in [4.69, 9.17) is 11.6 Å². The van der Waals surface area contributed by atoms with Crippen molar-refractivity contribution in [3.8, 4) is 5.75 Å². The molecule has 0 radical (unpaired) electrons. The minimum atomic E-state index is 0.273. The molecule has 0 fully saturated rings. The van der Waals surface area contributed by atoms with Crippen molar-refractivity contribution in [2.24, 2.45) is 0 Å². The first-order valence-electron chi connectivity index (χ1n) is 5.12. The van der Waals surface area contributed by atoms with Gasteiger partial charge in [-0.2, -0.15) is 0 Å². The predicted octanol–water partition coefficient (Wildman–Crippen LogP) is 4.42. The fraction of sp³-hybridized carbons (Fsp3) is 0.0769. The lowest BCUT2D eigenvalue weighted by Gasteiger charge is -2.09. The third-order valence-corrected chi connectivity index (χ3v) is 3.74. The van der Waals surface area contributed by atoms with Crippen LogP contribution in [0.1, 0.15) is 5.56 Å². The number of rotatable bonds is 3. The molecule has 0 aromatic heterocycles. The molecular formula is C13H11BrClNO. The molecule has 0 saturated carbocycles. The molecule has 0 bridgehead atoms. The third-order valence-electron chi connectivity index (χ3n) is 2.35. The van der Waals surface area contributed by atoms with Crippen molar-refractivity contribution in [1.82, 2.24) is 0 Å². The molecule has 2 aromatic carbocycles. The molecule has 0 heterocycles. The fourth-order valence-corrected chi connectivity index (χ4v) is 2.08. The summed E-state index contributed by atoms with van der Waals surface area (Å²) in [4.78, 5) is 0. The zero-order chi connectivity index (χ0) is 12.3. The lowest BCUT2D eigenvalue weighted by Crippen LogP contribution is -1.99. The minimum Gasteiger partial charge on any atom is -0.508 e. The summed E-state index contributed by atoms with van der Waals surface area (Å²) >= 11 is 9.42. The lowest BCUT2D eigenvalue weighted by atomic mass is 10.2. The standard InChI is InChI=1S/C13H11BrClNO/c14-13-11(15)5-2-6-12(13)16-8-9-3-1-4-10(17)7-9/h1-7,16-17H,8H2. The highest BCUT2D eigenvalue weighted by molar-refractivity contribution is 9.10. The molecule has 88 valence electrons. The Bertz CT molecular complexity index is 531. The molecule has 17 heavy (non-hydrogen) atoms. The molecule has 0 aliphatic heterocycles. The van der Waals surface area contributed by atoms with Crippen molar-refractivity contribution in [2.75, 3.05) is 5.32 Å². The van der Waals surface area contributed by atoms with E-state index in [-0.39, 0.29) is 5.75 Å². The Balaban J connectivity index is 2.10. The van der Waals surface area contributed by atoms with E-state index in [1.54, 1.807) is 12.1 Å². The summed E-state index contributed by atoms with van der Waals surface area (Å²) < 4.78 is 0.849. The Morgan fingerprint density at radius 3 is 2.71 bits per heavy atom. The zero-order valence-corrected chi connectivity index (χ0v) is 11.3. The van der Waals surface area contributed by atoms with Crippen LogP contribution in [-0.4, -0.2) is 5.11 Å². The summed E-state index contributed by atoms with van der Waals surface area (Å²) in [6.45, 7) is 0.632. The molecule has 0 unspecified atom stereocenters. The number of aromatic hydroxyl groups is 1. The number of anilines is 1. The average Bonchev–Trinajstić information content (AvgIpc) is 2.31. The van der Waals surface area contributed by atoms with Crippen LogP contribution in [-0.2, 0) is 6.54 Å². The highest BCUT2D eigenvalue weighted by Gasteiger charge is 2.03. The van der Waals surface area contributed by atoms with Gasteiger partial charge in [-0.1, -0.05) is 29.8 Å². The van der Waals surface area contributed by atoms with Crippen molar-refractivity contribution in [2.45, 2.75) is 6.54 Å². The predicted molar refractivity (Wildman–Crippen MR) is 74.6 cm³/mol. The number of nitrogens with one attached hydrogen (secondary N) is 1. The fourth-order valence-electron chi connectivity index (χ4n) is 1.50. The van der Waals surface area contributed by atoms with Crippen LogP contribution in [0, 0.1) is 0 Å². The summed E-state index contributed by atoms with van der Waals surface area (Å²) in [7, 11) is 0. The summed E-state index contributed by atoms with van der Waals surface area (Å²) in [5, 5.41) is 13.3. The SMILES string of the molecule is Oc1cccc(CNc2cccc(Cl)c2Br)c1. The summed E-state index contributed by atoms with van der Waals surface area (Å²) in [6, 6.07) is 12.8. The van der Waals surface area contributed by atoms with Gasteiger partial charge in [0.25, 0.3) is 0 Å². The quantitative estimate of drug-likeness (QED) is 0.879. The van der Waals surface area contributed by atoms with E-state index in [2.05, 4.69) is 21.2 Å². The monoisotopic (exact) mass is 311 g/mol. The van der Waals surface area contributed by atoms with Crippen molar-refractivity contribution >= 4 is 33.2 Å². The van der Waals surface area contributed by atoms with Crippen molar-refractivity contribution in [3.05, 3.63) is 57.5 Å². The molecule has 2 N–H and O–H groups in total. The average molecular weight is 313 g/mol. The lowest BCUT2D eigenvalue weighted by molar-refractivity contribution is 0.474. The van der Waals surface area contributed by atoms with Crippen LogP contribution < -0.4 is 5.32 Å². The van der Waals surface area contributed by atoms with Crippen LogP contribution in [0.15, 0.2) is 46.9 Å². The maximum Gasteiger partial charge on any atom is 0.115 e. The van der Waals surface area contributed by atoms with Crippen LogP contribution in [0.4, 0.5) is 5.69 Å². The molecular weight excluding hydrogens is 302 g/mol. The molecule has 0 aliphatic carbocycles. The van der Waals surface area contributed by atoms with E-state index in [9.17, 15) is 5.11 Å². The third kappa shape index (κ3) is 3.14. The van der Waals surface area contributed by atoms with Gasteiger partial charge in [-0.15, -0.1) is 0 Å². The van der Waals surface area contributed by atoms with E-state index < -0.39 is 0 Å². The van der Waals surface area contributed by atoms with Crippen molar-refractivity contribution in [1.29, 1.82) is 0 Å². The number of hydrogen-bond donors (Lipinski definition) is 2. The number of halogens is 2. The molecule has 2 rings (SSSR count). The van der Waals surface area contributed by atoms with Crippen molar-refractivity contribution in [3.63, 3.8) is 0 Å². The number of benzene rings is 2. The van der Waals surface area contributed by atoms with Gasteiger partial charge in [-0.3, -0.25) is 0 Å². The van der Waals surface area contributed by atoms with Crippen molar-refractivity contribution < 1.29 is 5.11 Å². The minimum absolute atomic E-state index is 0.273. The van der Waals surface area contributed by atoms with E-state index in [1.165, 1.54) is 0 Å². The summed E-state index contributed by atoms with van der Waals surface area (Å²) in [5.41, 5.74) is 1.94. The van der Waals surface area contributed by atoms with Crippen LogP contribution in [0.3, 0.4) is 0 Å². The Morgan fingerprint density at radius 2 is 1.94 bits per heavy atom. The molecule has 0 amide bonds. The highest BCUT2D eigenvalue weighted by atomic mass is 79.9. The Hall–Kier alpha value is -1.19. The topological polar surface area (TPSA) is 32.3 Å². The maximum absolute atomic E-state index is 9.35. The van der Waals surface area contributed by atoms with Crippen LogP contribution in [0.25, 0.3) is 0 Å². The van der Waals surface area contributed by atoms with Gasteiger partial charge in [-0.25, -0.2) is 0 Å². The second kappa shape index (κ2) is 5.43. The first-order valence-corrected chi connectivity index (χ1v) is 6.30. The van der Waals surface area contributed by atoms with E-state index in [0.717, 1.165) is 15.7 Å². The van der Waals surface area contributed by atoms with Gasteiger partial charge in [0.05, 0.1) is 15.2 Å². The first kappa shape index (κ1) is 12.3. The molecule has 0 atom stereocenters. The first-order chi connectivity index (χ1) is 8.16. The molecule has 2 aromatic rings. The van der Waals surface area contributed by atoms with Gasteiger partial charge < -0.3 is 10.4 Å². The maximum atomic E-state index is 9.35. The molecule has 4 heteroatoms. The largest absolute Gasteiger partial charge is 0.508 e. The smallest absolute Gasteiger partial charge is 0.115 e. The second-order valence-corrected chi connectivity index (χ2v) is 4.83. The Labute approximate surface area is 113 Å². The zero-order valence-electron chi connectivity index (χ0n) is 8.95. The Morgan fingerprint density at radius 1 is 1.18 bits per heavy atom. The van der Waals surface area contributed by atoms with E-state index in [0.29, 0.717) is 11.6 Å². The molecule has 0 spiro atoms. The van der Waals surface area contributed by atoms with Gasteiger partial charge >= 0.3 is 0 Å². The number of hydrogen-bond acceptors (Lipinski definition) is 2. The molecule has 0 saturated heterocycles. The number of phenols is 1. The van der Waals surface area contributed by atoms with Gasteiger partial charge in [-0.05, 0) is 45.8 Å². The molecule has 2 nitrogen and oxygen atoms in total. The summed E-state index contributed by atoms with van der Waals surface area (Å²) in [5.74, 6) is 0.273. The van der Waals surface area contributed by atoms with Gasteiger partial charge in [0.1, 0.15) is 5.75 Å². The second-order valence-electron chi connectivity index (χ2n) is 3.62. The van der Waals surface area contributed by atoms with Crippen LogP contribution in [0.5, 0.6) is 5.75 Å².